The molecule has 1 unspecified atom stereocenters. The van der Waals surface area contributed by atoms with Gasteiger partial charge in [0.15, 0.2) is 5.96 Å². The van der Waals surface area contributed by atoms with E-state index in [-0.39, 0.29) is 5.82 Å². The van der Waals surface area contributed by atoms with Crippen molar-refractivity contribution in [1.29, 1.82) is 0 Å². The summed E-state index contributed by atoms with van der Waals surface area (Å²) in [6.45, 7) is 10.4. The van der Waals surface area contributed by atoms with Crippen molar-refractivity contribution in [2.75, 3.05) is 57.3 Å². The van der Waals surface area contributed by atoms with Crippen molar-refractivity contribution in [2.45, 2.75) is 19.4 Å². The zero-order valence-electron chi connectivity index (χ0n) is 17.8. The molecule has 3 N–H and O–H groups in total. The van der Waals surface area contributed by atoms with Crippen molar-refractivity contribution in [1.82, 2.24) is 15.5 Å². The predicted molar refractivity (Wildman–Crippen MR) is 123 cm³/mol. The van der Waals surface area contributed by atoms with Crippen molar-refractivity contribution in [2.24, 2.45) is 4.99 Å². The average Bonchev–Trinajstić information content (AvgIpc) is 3.29. The van der Waals surface area contributed by atoms with E-state index in [0.717, 1.165) is 62.3 Å². The average molecular weight is 434 g/mol. The standard InChI is InChI=1S/C22H32FN5OS/c1-3-24-21(26-17-22(2,29)20-5-4-16-30-20)25-10-11-27-12-14-28(15-13-27)19-8-6-18(23)7-9-19/h4-9,16,29H,3,10-15,17H2,1-2H3,(H2,24,25,26). The van der Waals surface area contributed by atoms with Gasteiger partial charge in [0.1, 0.15) is 11.4 Å². The largest absolute Gasteiger partial charge is 0.383 e. The number of halogens is 1. The maximum atomic E-state index is 13.1. The maximum absolute atomic E-state index is 13.1. The van der Waals surface area contributed by atoms with Gasteiger partial charge in [-0.15, -0.1) is 11.3 Å². The van der Waals surface area contributed by atoms with E-state index in [1.165, 1.54) is 12.1 Å². The fourth-order valence-corrected chi connectivity index (χ4v) is 4.23. The molecule has 1 aromatic carbocycles. The van der Waals surface area contributed by atoms with Crippen molar-refractivity contribution >= 4 is 23.0 Å². The van der Waals surface area contributed by atoms with Crippen LogP contribution in [0.2, 0.25) is 0 Å². The normalized spacial score (nSPS) is 17.6. The molecule has 2 heterocycles. The molecule has 0 saturated carbocycles. The van der Waals surface area contributed by atoms with E-state index in [0.29, 0.717) is 6.54 Å². The van der Waals surface area contributed by atoms with Gasteiger partial charge in [-0.05, 0) is 49.6 Å². The minimum absolute atomic E-state index is 0.196. The van der Waals surface area contributed by atoms with Gasteiger partial charge in [-0.3, -0.25) is 4.90 Å². The molecule has 1 aliphatic rings. The Balaban J connectivity index is 1.43. The van der Waals surface area contributed by atoms with Gasteiger partial charge in [0.05, 0.1) is 6.54 Å². The van der Waals surface area contributed by atoms with Crippen LogP contribution in [-0.2, 0) is 5.60 Å². The van der Waals surface area contributed by atoms with Gasteiger partial charge in [0, 0.05) is 56.4 Å². The Hall–Kier alpha value is -2.16. The van der Waals surface area contributed by atoms with Crippen LogP contribution in [0.3, 0.4) is 0 Å². The Morgan fingerprint density at radius 3 is 2.53 bits per heavy atom. The SMILES string of the molecule is CCNC(=NCC(C)(O)c1cccs1)NCCN1CCN(c2ccc(F)cc2)CC1. The van der Waals surface area contributed by atoms with Crippen LogP contribution in [0, 0.1) is 5.82 Å². The lowest BCUT2D eigenvalue weighted by molar-refractivity contribution is 0.0711. The van der Waals surface area contributed by atoms with Crippen LogP contribution in [0.5, 0.6) is 0 Å². The van der Waals surface area contributed by atoms with Crippen LogP contribution in [0.25, 0.3) is 0 Å². The summed E-state index contributed by atoms with van der Waals surface area (Å²) in [5.74, 6) is 0.526. The number of thiophene rings is 1. The molecule has 2 aromatic rings. The molecule has 164 valence electrons. The van der Waals surface area contributed by atoms with Crippen molar-refractivity contribution in [3.63, 3.8) is 0 Å². The van der Waals surface area contributed by atoms with Gasteiger partial charge in [0.2, 0.25) is 0 Å². The summed E-state index contributed by atoms with van der Waals surface area (Å²) >= 11 is 1.54. The second kappa shape index (κ2) is 10.7. The number of nitrogens with zero attached hydrogens (tertiary/aromatic N) is 3. The fraction of sp³-hybridized carbons (Fsp3) is 0.500. The summed E-state index contributed by atoms with van der Waals surface area (Å²) < 4.78 is 13.1. The summed E-state index contributed by atoms with van der Waals surface area (Å²) in [4.78, 5) is 10.2. The zero-order chi connectivity index (χ0) is 21.4. The first-order chi connectivity index (χ1) is 14.5. The number of rotatable bonds is 8. The molecule has 0 spiro atoms. The van der Waals surface area contributed by atoms with Crippen molar-refractivity contribution < 1.29 is 9.50 Å². The Morgan fingerprint density at radius 1 is 1.17 bits per heavy atom. The van der Waals surface area contributed by atoms with Crippen LogP contribution >= 0.6 is 11.3 Å². The summed E-state index contributed by atoms with van der Waals surface area (Å²) in [5, 5.41) is 19.2. The van der Waals surface area contributed by atoms with Crippen LogP contribution in [0.15, 0.2) is 46.8 Å². The van der Waals surface area contributed by atoms with Crippen molar-refractivity contribution in [3.05, 3.63) is 52.5 Å². The van der Waals surface area contributed by atoms with Gasteiger partial charge < -0.3 is 20.6 Å². The molecule has 8 heteroatoms. The van der Waals surface area contributed by atoms with Crippen LogP contribution in [-0.4, -0.2) is 68.3 Å². The third-order valence-electron chi connectivity index (χ3n) is 5.23. The molecule has 1 atom stereocenters. The molecule has 0 radical (unpaired) electrons. The number of aliphatic hydroxyl groups is 1. The quantitative estimate of drug-likeness (QED) is 0.441. The first kappa shape index (κ1) is 22.5. The summed E-state index contributed by atoms with van der Waals surface area (Å²) in [6, 6.07) is 10.6. The number of piperazine rings is 1. The molecule has 1 fully saturated rings. The number of hydrogen-bond acceptors (Lipinski definition) is 5. The lowest BCUT2D eigenvalue weighted by atomic mass is 10.1. The third kappa shape index (κ3) is 6.42. The molecular weight excluding hydrogens is 401 g/mol. The molecule has 0 amide bonds. The highest BCUT2D eigenvalue weighted by molar-refractivity contribution is 7.10. The number of guanidine groups is 1. The van der Waals surface area contributed by atoms with E-state index in [4.69, 9.17) is 0 Å². The minimum Gasteiger partial charge on any atom is -0.383 e. The van der Waals surface area contributed by atoms with Gasteiger partial charge in [-0.25, -0.2) is 9.38 Å². The van der Waals surface area contributed by atoms with Gasteiger partial charge >= 0.3 is 0 Å². The van der Waals surface area contributed by atoms with E-state index in [9.17, 15) is 9.50 Å². The predicted octanol–water partition coefficient (Wildman–Crippen LogP) is 2.47. The third-order valence-corrected chi connectivity index (χ3v) is 6.35. The Morgan fingerprint density at radius 2 is 1.90 bits per heavy atom. The zero-order valence-corrected chi connectivity index (χ0v) is 18.6. The minimum atomic E-state index is -0.965. The summed E-state index contributed by atoms with van der Waals surface area (Å²) in [6.07, 6.45) is 0. The highest BCUT2D eigenvalue weighted by Gasteiger charge is 2.24. The highest BCUT2D eigenvalue weighted by atomic mass is 32.1. The van der Waals surface area contributed by atoms with Crippen LogP contribution < -0.4 is 15.5 Å². The molecule has 1 saturated heterocycles. The number of aliphatic imine (C=N–C) groups is 1. The van der Waals surface area contributed by atoms with E-state index in [2.05, 4.69) is 25.4 Å². The molecule has 30 heavy (non-hydrogen) atoms. The monoisotopic (exact) mass is 433 g/mol. The Labute approximate surface area is 182 Å². The number of nitrogens with one attached hydrogen (secondary N) is 2. The van der Waals surface area contributed by atoms with Gasteiger partial charge in [-0.2, -0.15) is 0 Å². The van der Waals surface area contributed by atoms with E-state index in [1.807, 2.05) is 36.6 Å². The van der Waals surface area contributed by atoms with E-state index in [1.54, 1.807) is 18.3 Å². The van der Waals surface area contributed by atoms with E-state index < -0.39 is 5.60 Å². The Kier molecular flexibility index (Phi) is 8.07. The second-order valence-corrected chi connectivity index (χ2v) is 8.63. The first-order valence-corrected chi connectivity index (χ1v) is 11.4. The molecule has 0 aliphatic carbocycles. The molecular formula is C22H32FN5OS. The van der Waals surface area contributed by atoms with Crippen molar-refractivity contribution in [3.8, 4) is 0 Å². The molecule has 1 aromatic heterocycles. The molecule has 6 nitrogen and oxygen atoms in total. The number of anilines is 1. The lowest BCUT2D eigenvalue weighted by Crippen LogP contribution is -2.49. The maximum Gasteiger partial charge on any atom is 0.191 e. The van der Waals surface area contributed by atoms with Crippen LogP contribution in [0.1, 0.15) is 18.7 Å². The van der Waals surface area contributed by atoms with Gasteiger partial charge in [0.25, 0.3) is 0 Å². The molecule has 3 rings (SSSR count). The Bertz CT molecular complexity index is 786. The molecule has 0 bridgehead atoms. The first-order valence-electron chi connectivity index (χ1n) is 10.5. The van der Waals surface area contributed by atoms with Gasteiger partial charge in [-0.1, -0.05) is 6.07 Å². The second-order valence-electron chi connectivity index (χ2n) is 7.68. The summed E-state index contributed by atoms with van der Waals surface area (Å²) in [7, 11) is 0. The van der Waals surface area contributed by atoms with E-state index >= 15 is 0 Å². The fourth-order valence-electron chi connectivity index (χ4n) is 3.45. The lowest BCUT2D eigenvalue weighted by Gasteiger charge is -2.36. The highest BCUT2D eigenvalue weighted by Crippen LogP contribution is 2.25. The molecule has 1 aliphatic heterocycles. The topological polar surface area (TPSA) is 63.1 Å². The number of hydrogen-bond donors (Lipinski definition) is 3. The smallest absolute Gasteiger partial charge is 0.191 e. The number of benzene rings is 1. The van der Waals surface area contributed by atoms with Crippen LogP contribution in [0.4, 0.5) is 10.1 Å². The summed E-state index contributed by atoms with van der Waals surface area (Å²) in [5.41, 5.74) is 0.112.